The molecule has 0 atom stereocenters. The predicted molar refractivity (Wildman–Crippen MR) is 90.9 cm³/mol. The average molecular weight is 340 g/mol. The summed E-state index contributed by atoms with van der Waals surface area (Å²) in [6.45, 7) is 2.11. The predicted octanol–water partition coefficient (Wildman–Crippen LogP) is 3.65. The Kier molecular flexibility index (Phi) is 3.86. The van der Waals surface area contributed by atoms with E-state index in [2.05, 4.69) is 15.2 Å². The number of aromatic nitrogens is 4. The monoisotopic (exact) mass is 340 g/mol. The molecule has 1 saturated carbocycles. The molecule has 3 aromatic rings. The van der Waals surface area contributed by atoms with E-state index in [9.17, 15) is 4.79 Å². The molecule has 0 saturated heterocycles. The summed E-state index contributed by atoms with van der Waals surface area (Å²) >= 11 is 1.60. The summed E-state index contributed by atoms with van der Waals surface area (Å²) in [5, 5.41) is 7.97. The molecule has 3 aromatic heterocycles. The maximum atomic E-state index is 11.8. The second-order valence-electron chi connectivity index (χ2n) is 5.64. The van der Waals surface area contributed by atoms with Crippen LogP contribution in [0.2, 0.25) is 0 Å². The number of pyridine rings is 1. The van der Waals surface area contributed by atoms with E-state index in [1.54, 1.807) is 30.5 Å². The standard InChI is InChI=1S/C17H16N4O2S/c1-2-23-17(22)13-8-12(20-21-13)15-14(10-5-6-10)19-16(24-15)11-4-3-7-18-9-11/h3-4,7-10H,2,5-6H2,1H3,(H,20,21). The molecular weight excluding hydrogens is 324 g/mol. The smallest absolute Gasteiger partial charge is 0.358 e. The third-order valence-electron chi connectivity index (χ3n) is 3.83. The molecule has 0 aromatic carbocycles. The molecule has 4 rings (SSSR count). The van der Waals surface area contributed by atoms with Crippen molar-refractivity contribution < 1.29 is 9.53 Å². The van der Waals surface area contributed by atoms with Gasteiger partial charge in [0.25, 0.3) is 0 Å². The minimum atomic E-state index is -0.412. The van der Waals surface area contributed by atoms with Gasteiger partial charge in [0.2, 0.25) is 0 Å². The second kappa shape index (κ2) is 6.16. The molecule has 1 N–H and O–H groups in total. The van der Waals surface area contributed by atoms with Crippen molar-refractivity contribution in [2.75, 3.05) is 6.61 Å². The summed E-state index contributed by atoms with van der Waals surface area (Å²) in [6.07, 6.45) is 5.88. The summed E-state index contributed by atoms with van der Waals surface area (Å²) in [7, 11) is 0. The number of carbonyl (C=O) groups is 1. The lowest BCUT2D eigenvalue weighted by Crippen LogP contribution is -2.04. The van der Waals surface area contributed by atoms with Crippen molar-refractivity contribution in [3.05, 3.63) is 42.0 Å². The molecule has 7 heteroatoms. The Hall–Kier alpha value is -2.54. The second-order valence-corrected chi connectivity index (χ2v) is 6.64. The average Bonchev–Trinajstić information content (AvgIpc) is 3.17. The van der Waals surface area contributed by atoms with Crippen molar-refractivity contribution in [2.24, 2.45) is 0 Å². The van der Waals surface area contributed by atoms with Gasteiger partial charge in [-0.2, -0.15) is 5.10 Å². The molecule has 0 aliphatic heterocycles. The van der Waals surface area contributed by atoms with Gasteiger partial charge in [-0.05, 0) is 38.0 Å². The molecule has 0 spiro atoms. The van der Waals surface area contributed by atoms with E-state index >= 15 is 0 Å². The van der Waals surface area contributed by atoms with Crippen LogP contribution in [0.15, 0.2) is 30.6 Å². The largest absolute Gasteiger partial charge is 0.461 e. The molecule has 0 amide bonds. The molecule has 1 fully saturated rings. The Labute approximate surface area is 142 Å². The number of rotatable bonds is 5. The maximum absolute atomic E-state index is 11.8. The van der Waals surface area contributed by atoms with E-state index < -0.39 is 5.97 Å². The fourth-order valence-electron chi connectivity index (χ4n) is 2.52. The molecule has 0 bridgehead atoms. The number of nitrogens with one attached hydrogen (secondary N) is 1. The van der Waals surface area contributed by atoms with E-state index in [-0.39, 0.29) is 0 Å². The summed E-state index contributed by atoms with van der Waals surface area (Å²) in [4.78, 5) is 21.9. The molecule has 24 heavy (non-hydrogen) atoms. The van der Waals surface area contributed by atoms with E-state index in [4.69, 9.17) is 9.72 Å². The molecule has 0 radical (unpaired) electrons. The van der Waals surface area contributed by atoms with Gasteiger partial charge >= 0.3 is 5.97 Å². The normalized spacial score (nSPS) is 13.9. The summed E-state index contributed by atoms with van der Waals surface area (Å²) in [5.41, 5.74) is 3.19. The maximum Gasteiger partial charge on any atom is 0.358 e. The minimum Gasteiger partial charge on any atom is -0.461 e. The summed E-state index contributed by atoms with van der Waals surface area (Å²) in [6, 6.07) is 5.65. The molecule has 0 unspecified atom stereocenters. The number of aromatic amines is 1. The van der Waals surface area contributed by atoms with E-state index in [0.29, 0.717) is 18.2 Å². The highest BCUT2D eigenvalue weighted by atomic mass is 32.1. The molecule has 3 heterocycles. The quantitative estimate of drug-likeness (QED) is 0.717. The van der Waals surface area contributed by atoms with Crippen LogP contribution >= 0.6 is 11.3 Å². The van der Waals surface area contributed by atoms with Gasteiger partial charge in [-0.15, -0.1) is 11.3 Å². The Morgan fingerprint density at radius 1 is 1.46 bits per heavy atom. The van der Waals surface area contributed by atoms with Crippen LogP contribution in [0.5, 0.6) is 0 Å². The number of ether oxygens (including phenoxy) is 1. The van der Waals surface area contributed by atoms with Crippen LogP contribution in [-0.4, -0.2) is 32.7 Å². The molecule has 1 aliphatic carbocycles. The van der Waals surface area contributed by atoms with Gasteiger partial charge in [-0.25, -0.2) is 9.78 Å². The lowest BCUT2D eigenvalue weighted by molar-refractivity contribution is 0.0519. The van der Waals surface area contributed by atoms with Crippen LogP contribution in [-0.2, 0) is 4.74 Å². The number of carbonyl (C=O) groups excluding carboxylic acids is 1. The zero-order chi connectivity index (χ0) is 16.5. The number of esters is 1. The van der Waals surface area contributed by atoms with E-state index in [1.807, 2.05) is 18.3 Å². The van der Waals surface area contributed by atoms with Crippen LogP contribution in [0.25, 0.3) is 21.1 Å². The molecule has 122 valence electrons. The molecule has 1 aliphatic rings. The van der Waals surface area contributed by atoms with Crippen molar-refractivity contribution in [3.63, 3.8) is 0 Å². The van der Waals surface area contributed by atoms with Gasteiger partial charge in [-0.1, -0.05) is 0 Å². The van der Waals surface area contributed by atoms with E-state index in [1.165, 1.54) is 0 Å². The van der Waals surface area contributed by atoms with Gasteiger partial charge < -0.3 is 4.74 Å². The van der Waals surface area contributed by atoms with Crippen molar-refractivity contribution in [1.29, 1.82) is 0 Å². The topological polar surface area (TPSA) is 80.8 Å². The SMILES string of the molecule is CCOC(=O)c1cc(-c2sc(-c3cccnc3)nc2C2CC2)[nH]n1. The third-order valence-corrected chi connectivity index (χ3v) is 4.99. The Bertz CT molecular complexity index is 868. The van der Waals surface area contributed by atoms with Crippen LogP contribution in [0, 0.1) is 0 Å². The van der Waals surface area contributed by atoms with Gasteiger partial charge in [0.05, 0.1) is 22.9 Å². The first-order valence-corrected chi connectivity index (χ1v) is 8.72. The first-order chi connectivity index (χ1) is 11.8. The van der Waals surface area contributed by atoms with E-state index in [0.717, 1.165) is 39.7 Å². The third kappa shape index (κ3) is 2.82. The number of thiazole rings is 1. The first kappa shape index (κ1) is 15.0. The highest BCUT2D eigenvalue weighted by Gasteiger charge is 2.31. The van der Waals surface area contributed by atoms with Crippen LogP contribution in [0.3, 0.4) is 0 Å². The molecule has 6 nitrogen and oxygen atoms in total. The van der Waals surface area contributed by atoms with Crippen molar-refractivity contribution in [3.8, 4) is 21.1 Å². The zero-order valence-corrected chi connectivity index (χ0v) is 14.0. The van der Waals surface area contributed by atoms with Gasteiger partial charge in [0.1, 0.15) is 5.01 Å². The number of H-pyrrole nitrogens is 1. The van der Waals surface area contributed by atoms with Crippen molar-refractivity contribution in [2.45, 2.75) is 25.7 Å². The number of nitrogens with zero attached hydrogens (tertiary/aromatic N) is 3. The van der Waals surface area contributed by atoms with Gasteiger partial charge in [0.15, 0.2) is 5.69 Å². The highest BCUT2D eigenvalue weighted by molar-refractivity contribution is 7.18. The number of hydrogen-bond acceptors (Lipinski definition) is 6. The Balaban J connectivity index is 1.72. The lowest BCUT2D eigenvalue weighted by Gasteiger charge is -1.96. The fraction of sp³-hybridized carbons (Fsp3) is 0.294. The Morgan fingerprint density at radius 3 is 3.04 bits per heavy atom. The molecular formula is C17H16N4O2S. The fourth-order valence-corrected chi connectivity index (χ4v) is 3.63. The van der Waals surface area contributed by atoms with Crippen LogP contribution in [0.4, 0.5) is 0 Å². The summed E-state index contributed by atoms with van der Waals surface area (Å²) in [5.74, 6) is 0.0842. The first-order valence-electron chi connectivity index (χ1n) is 7.90. The summed E-state index contributed by atoms with van der Waals surface area (Å²) < 4.78 is 5.00. The van der Waals surface area contributed by atoms with Gasteiger partial charge in [-0.3, -0.25) is 10.1 Å². The number of hydrogen-bond donors (Lipinski definition) is 1. The van der Waals surface area contributed by atoms with Crippen molar-refractivity contribution in [1.82, 2.24) is 20.2 Å². The van der Waals surface area contributed by atoms with Gasteiger partial charge in [0, 0.05) is 23.9 Å². The van der Waals surface area contributed by atoms with Crippen LogP contribution < -0.4 is 0 Å². The lowest BCUT2D eigenvalue weighted by atomic mass is 10.2. The minimum absolute atomic E-state index is 0.296. The van der Waals surface area contributed by atoms with Crippen molar-refractivity contribution >= 4 is 17.3 Å². The highest BCUT2D eigenvalue weighted by Crippen LogP contribution is 2.47. The van der Waals surface area contributed by atoms with Crippen LogP contribution in [0.1, 0.15) is 41.9 Å². The Morgan fingerprint density at radius 2 is 2.33 bits per heavy atom. The zero-order valence-electron chi connectivity index (χ0n) is 13.2.